The van der Waals surface area contributed by atoms with Gasteiger partial charge in [0.15, 0.2) is 0 Å². The van der Waals surface area contributed by atoms with Gasteiger partial charge in [0.25, 0.3) is 0 Å². The quantitative estimate of drug-likeness (QED) is 0.925. The van der Waals surface area contributed by atoms with Crippen molar-refractivity contribution in [3.63, 3.8) is 0 Å². The molecule has 0 aliphatic carbocycles. The molecule has 1 unspecified atom stereocenters. The molecule has 17 heavy (non-hydrogen) atoms. The van der Waals surface area contributed by atoms with Crippen LogP contribution in [0.1, 0.15) is 6.42 Å². The van der Waals surface area contributed by atoms with Gasteiger partial charge in [-0.15, -0.1) is 0 Å². The highest BCUT2D eigenvalue weighted by Gasteiger charge is 2.38. The first-order chi connectivity index (χ1) is 8.07. The molecule has 94 valence electrons. The first kappa shape index (κ1) is 12.9. The molecule has 3 nitrogen and oxygen atoms in total. The van der Waals surface area contributed by atoms with Gasteiger partial charge in [0, 0.05) is 29.8 Å². The van der Waals surface area contributed by atoms with Gasteiger partial charge >= 0.3 is 0 Å². The highest BCUT2D eigenvalue weighted by atomic mass is 79.9. The summed E-state index contributed by atoms with van der Waals surface area (Å²) < 4.78 is 1.12. The lowest BCUT2D eigenvalue weighted by Crippen LogP contribution is -2.52. The Labute approximate surface area is 112 Å². The van der Waals surface area contributed by atoms with Gasteiger partial charge in [-0.2, -0.15) is 0 Å². The summed E-state index contributed by atoms with van der Waals surface area (Å²) in [4.78, 5) is 4.69. The minimum atomic E-state index is 0.132. The van der Waals surface area contributed by atoms with Crippen molar-refractivity contribution in [2.24, 2.45) is 5.73 Å². The van der Waals surface area contributed by atoms with Gasteiger partial charge in [-0.05, 0) is 44.8 Å². The molecule has 0 bridgehead atoms. The monoisotopic (exact) mass is 297 g/mol. The Kier molecular flexibility index (Phi) is 3.76. The molecule has 1 aromatic carbocycles. The van der Waals surface area contributed by atoms with Gasteiger partial charge in [-0.25, -0.2) is 0 Å². The van der Waals surface area contributed by atoms with Gasteiger partial charge in [0.1, 0.15) is 0 Å². The summed E-state index contributed by atoms with van der Waals surface area (Å²) in [5.74, 6) is 0. The first-order valence-electron chi connectivity index (χ1n) is 5.95. The number of nitrogens with two attached hydrogens (primary N) is 1. The molecule has 1 saturated heterocycles. The van der Waals surface area contributed by atoms with Gasteiger partial charge in [0.05, 0.1) is 5.54 Å². The molecule has 0 aromatic heterocycles. The Morgan fingerprint density at radius 1 is 1.35 bits per heavy atom. The van der Waals surface area contributed by atoms with E-state index in [1.807, 2.05) is 0 Å². The third-order valence-corrected chi connectivity index (χ3v) is 4.38. The smallest absolute Gasteiger partial charge is 0.0518 e. The Bertz CT molecular complexity index is 377. The van der Waals surface area contributed by atoms with E-state index in [0.29, 0.717) is 6.54 Å². The van der Waals surface area contributed by atoms with Gasteiger partial charge in [-0.1, -0.05) is 15.9 Å². The third-order valence-electron chi connectivity index (χ3n) is 3.85. The van der Waals surface area contributed by atoms with Gasteiger partial charge < -0.3 is 15.5 Å². The average Bonchev–Trinajstić information content (AvgIpc) is 2.75. The molecule has 1 aliphatic rings. The van der Waals surface area contributed by atoms with Gasteiger partial charge in [0.2, 0.25) is 0 Å². The fourth-order valence-electron chi connectivity index (χ4n) is 2.44. The highest BCUT2D eigenvalue weighted by Crippen LogP contribution is 2.30. The zero-order chi connectivity index (χ0) is 12.5. The van der Waals surface area contributed by atoms with E-state index in [2.05, 4.69) is 64.1 Å². The van der Waals surface area contributed by atoms with Crippen molar-refractivity contribution in [3.8, 4) is 0 Å². The van der Waals surface area contributed by atoms with E-state index in [-0.39, 0.29) is 5.54 Å². The molecule has 1 aromatic rings. The van der Waals surface area contributed by atoms with Crippen molar-refractivity contribution in [3.05, 3.63) is 28.7 Å². The van der Waals surface area contributed by atoms with E-state index in [1.165, 1.54) is 5.69 Å². The normalized spacial score (nSPS) is 24.6. The van der Waals surface area contributed by atoms with Crippen LogP contribution in [0.5, 0.6) is 0 Å². The van der Waals surface area contributed by atoms with Crippen LogP contribution in [0.3, 0.4) is 0 Å². The second kappa shape index (κ2) is 4.96. The number of rotatable bonds is 3. The van der Waals surface area contributed by atoms with Crippen LogP contribution in [-0.2, 0) is 0 Å². The number of nitrogens with zero attached hydrogens (tertiary/aromatic N) is 2. The molecule has 1 atom stereocenters. The summed E-state index contributed by atoms with van der Waals surface area (Å²) in [5, 5.41) is 0. The molecule has 0 radical (unpaired) electrons. The number of benzene rings is 1. The molecule has 1 fully saturated rings. The molecule has 2 rings (SSSR count). The zero-order valence-corrected chi connectivity index (χ0v) is 12.1. The lowest BCUT2D eigenvalue weighted by Gasteiger charge is -2.35. The Morgan fingerprint density at radius 3 is 2.47 bits per heavy atom. The van der Waals surface area contributed by atoms with E-state index in [4.69, 9.17) is 5.73 Å². The minimum absolute atomic E-state index is 0.132. The van der Waals surface area contributed by atoms with Crippen LogP contribution in [0, 0.1) is 0 Å². The predicted molar refractivity (Wildman–Crippen MR) is 76.4 cm³/mol. The number of likely N-dealkylation sites (N-methyl/N-ethyl adjacent to an activating group) is 1. The van der Waals surface area contributed by atoms with Crippen molar-refractivity contribution in [1.82, 2.24) is 4.90 Å². The standard InChI is InChI=1S/C13H20BrN3/c1-16(2)13(9-15)7-8-17(10-13)12-5-3-11(14)4-6-12/h3-6H,7-10,15H2,1-2H3. The fraction of sp³-hybridized carbons (Fsp3) is 0.538. The topological polar surface area (TPSA) is 32.5 Å². The molecule has 2 N–H and O–H groups in total. The van der Waals surface area contributed by atoms with Crippen molar-refractivity contribution >= 4 is 21.6 Å². The summed E-state index contributed by atoms with van der Waals surface area (Å²) in [7, 11) is 4.25. The van der Waals surface area contributed by atoms with E-state index >= 15 is 0 Å². The van der Waals surface area contributed by atoms with Crippen LogP contribution >= 0.6 is 15.9 Å². The fourth-order valence-corrected chi connectivity index (χ4v) is 2.71. The Balaban J connectivity index is 2.14. The summed E-state index contributed by atoms with van der Waals surface area (Å²) in [6.07, 6.45) is 1.13. The molecule has 1 aliphatic heterocycles. The summed E-state index contributed by atoms with van der Waals surface area (Å²) >= 11 is 3.47. The van der Waals surface area contributed by atoms with E-state index in [1.54, 1.807) is 0 Å². The second-order valence-electron chi connectivity index (χ2n) is 4.97. The van der Waals surface area contributed by atoms with Crippen LogP contribution in [-0.4, -0.2) is 44.2 Å². The number of anilines is 1. The first-order valence-corrected chi connectivity index (χ1v) is 6.75. The SMILES string of the molecule is CN(C)C1(CN)CCN(c2ccc(Br)cc2)C1. The van der Waals surface area contributed by atoms with Crippen LogP contribution in [0.2, 0.25) is 0 Å². The second-order valence-corrected chi connectivity index (χ2v) is 5.89. The van der Waals surface area contributed by atoms with Crippen molar-refractivity contribution in [1.29, 1.82) is 0 Å². The molecule has 0 amide bonds. The Hall–Kier alpha value is -0.580. The van der Waals surface area contributed by atoms with Crippen LogP contribution in [0.25, 0.3) is 0 Å². The average molecular weight is 298 g/mol. The molecular formula is C13H20BrN3. The van der Waals surface area contributed by atoms with E-state index in [0.717, 1.165) is 24.0 Å². The molecular weight excluding hydrogens is 278 g/mol. The van der Waals surface area contributed by atoms with Crippen LogP contribution in [0.15, 0.2) is 28.7 Å². The lowest BCUT2D eigenvalue weighted by molar-refractivity contribution is 0.184. The largest absolute Gasteiger partial charge is 0.370 e. The van der Waals surface area contributed by atoms with Gasteiger partial charge in [-0.3, -0.25) is 0 Å². The number of hydrogen-bond donors (Lipinski definition) is 1. The Morgan fingerprint density at radius 2 is 2.00 bits per heavy atom. The lowest BCUT2D eigenvalue weighted by atomic mass is 9.97. The summed E-state index contributed by atoms with van der Waals surface area (Å²) in [6.45, 7) is 2.81. The van der Waals surface area contributed by atoms with E-state index < -0.39 is 0 Å². The van der Waals surface area contributed by atoms with Crippen LogP contribution < -0.4 is 10.6 Å². The minimum Gasteiger partial charge on any atom is -0.370 e. The molecule has 1 heterocycles. The van der Waals surface area contributed by atoms with Crippen molar-refractivity contribution < 1.29 is 0 Å². The van der Waals surface area contributed by atoms with Crippen molar-refractivity contribution in [2.45, 2.75) is 12.0 Å². The maximum Gasteiger partial charge on any atom is 0.0518 e. The van der Waals surface area contributed by atoms with Crippen LogP contribution in [0.4, 0.5) is 5.69 Å². The number of hydrogen-bond acceptors (Lipinski definition) is 3. The summed E-state index contributed by atoms with van der Waals surface area (Å²) in [5.41, 5.74) is 7.37. The molecule has 4 heteroatoms. The predicted octanol–water partition coefficient (Wildman–Crippen LogP) is 1.92. The molecule has 0 saturated carbocycles. The highest BCUT2D eigenvalue weighted by molar-refractivity contribution is 9.10. The zero-order valence-electron chi connectivity index (χ0n) is 10.5. The van der Waals surface area contributed by atoms with E-state index in [9.17, 15) is 0 Å². The van der Waals surface area contributed by atoms with Crippen molar-refractivity contribution in [2.75, 3.05) is 38.6 Å². The number of halogens is 1. The maximum atomic E-state index is 5.96. The maximum absolute atomic E-state index is 5.96. The summed E-state index contributed by atoms with van der Waals surface area (Å²) in [6, 6.07) is 8.50. The molecule has 0 spiro atoms. The third kappa shape index (κ3) is 2.49.